The lowest BCUT2D eigenvalue weighted by atomic mass is 9.88. The van der Waals surface area contributed by atoms with Gasteiger partial charge in [0.15, 0.2) is 0 Å². The van der Waals surface area contributed by atoms with Crippen molar-refractivity contribution in [2.24, 2.45) is 0 Å². The van der Waals surface area contributed by atoms with Crippen LogP contribution in [0.25, 0.3) is 10.9 Å². The zero-order valence-corrected chi connectivity index (χ0v) is 12.3. The molecule has 1 heterocycles. The van der Waals surface area contributed by atoms with Crippen LogP contribution in [0, 0.1) is 0 Å². The highest BCUT2D eigenvalue weighted by Gasteiger charge is 2.22. The zero-order valence-electron chi connectivity index (χ0n) is 12.3. The quantitative estimate of drug-likeness (QED) is 0.841. The van der Waals surface area contributed by atoms with Crippen molar-refractivity contribution in [3.8, 4) is 0 Å². The van der Waals surface area contributed by atoms with Crippen LogP contribution in [0.2, 0.25) is 0 Å². The number of nitrogens with one attached hydrogen (secondary N) is 1. The Hall–Kier alpha value is -1.41. The summed E-state index contributed by atoms with van der Waals surface area (Å²) in [5.74, 6) is 0.675. The molecule has 1 fully saturated rings. The fraction of sp³-hybridized carbons (Fsp3) is 0.500. The number of benzene rings is 1. The summed E-state index contributed by atoms with van der Waals surface area (Å²) in [6, 6.07) is 11.6. The van der Waals surface area contributed by atoms with Crippen molar-refractivity contribution in [1.82, 2.24) is 10.3 Å². The van der Waals surface area contributed by atoms with Crippen LogP contribution in [0.15, 0.2) is 36.5 Å². The molecule has 20 heavy (non-hydrogen) atoms. The van der Waals surface area contributed by atoms with Crippen LogP contribution in [-0.4, -0.2) is 17.6 Å². The highest BCUT2D eigenvalue weighted by atomic mass is 14.9. The second-order valence-corrected chi connectivity index (χ2v) is 5.89. The third kappa shape index (κ3) is 2.85. The molecule has 0 bridgehead atoms. The van der Waals surface area contributed by atoms with Crippen LogP contribution in [0.5, 0.6) is 0 Å². The maximum absolute atomic E-state index is 4.50. The molecule has 2 nitrogen and oxygen atoms in total. The van der Waals surface area contributed by atoms with Crippen LogP contribution in [0.4, 0.5) is 0 Å². The van der Waals surface area contributed by atoms with Crippen molar-refractivity contribution in [3.05, 3.63) is 42.1 Å². The molecule has 1 aromatic heterocycles. The van der Waals surface area contributed by atoms with Gasteiger partial charge in [0.1, 0.15) is 0 Å². The third-order valence-corrected chi connectivity index (χ3v) is 4.54. The average Bonchev–Trinajstić information content (AvgIpc) is 2.73. The number of pyridine rings is 1. The first kappa shape index (κ1) is 13.6. The Labute approximate surface area is 121 Å². The largest absolute Gasteiger partial charge is 0.314 e. The Morgan fingerprint density at radius 1 is 1.15 bits per heavy atom. The number of rotatable bonds is 3. The van der Waals surface area contributed by atoms with Crippen molar-refractivity contribution >= 4 is 10.9 Å². The lowest BCUT2D eigenvalue weighted by Crippen LogP contribution is -2.29. The van der Waals surface area contributed by atoms with Crippen LogP contribution < -0.4 is 5.32 Å². The molecule has 0 aliphatic heterocycles. The third-order valence-electron chi connectivity index (χ3n) is 4.54. The molecule has 0 saturated heterocycles. The van der Waals surface area contributed by atoms with Crippen LogP contribution >= 0.6 is 0 Å². The molecular weight excluding hydrogens is 244 g/mol. The molecule has 2 unspecified atom stereocenters. The van der Waals surface area contributed by atoms with E-state index in [1.54, 1.807) is 0 Å². The number of fused-ring (bicyclic) bond motifs is 1. The summed E-state index contributed by atoms with van der Waals surface area (Å²) in [4.78, 5) is 4.50. The summed E-state index contributed by atoms with van der Waals surface area (Å²) in [5, 5.41) is 5.00. The van der Waals surface area contributed by atoms with Crippen LogP contribution in [0.3, 0.4) is 0 Å². The number of hydrogen-bond donors (Lipinski definition) is 1. The van der Waals surface area contributed by atoms with E-state index in [2.05, 4.69) is 47.6 Å². The minimum atomic E-state index is 0.675. The molecule has 2 heteroatoms. The van der Waals surface area contributed by atoms with E-state index in [0.29, 0.717) is 12.0 Å². The van der Waals surface area contributed by atoms with Gasteiger partial charge in [-0.2, -0.15) is 0 Å². The number of nitrogens with zero attached hydrogens (tertiary/aromatic N) is 1. The highest BCUT2D eigenvalue weighted by molar-refractivity contribution is 5.82. The molecule has 2 atom stereocenters. The topological polar surface area (TPSA) is 24.9 Å². The first-order valence-corrected chi connectivity index (χ1v) is 7.95. The van der Waals surface area contributed by atoms with E-state index in [0.717, 1.165) is 12.1 Å². The predicted molar refractivity (Wildman–Crippen MR) is 85.0 cm³/mol. The molecule has 106 valence electrons. The second-order valence-electron chi connectivity index (χ2n) is 5.89. The van der Waals surface area contributed by atoms with E-state index in [4.69, 9.17) is 0 Å². The Kier molecular flexibility index (Phi) is 4.31. The average molecular weight is 268 g/mol. The van der Waals surface area contributed by atoms with Crippen molar-refractivity contribution in [3.63, 3.8) is 0 Å². The normalized spacial score (nSPS) is 23.6. The van der Waals surface area contributed by atoms with Crippen molar-refractivity contribution in [2.75, 3.05) is 6.54 Å². The first-order chi connectivity index (χ1) is 9.88. The van der Waals surface area contributed by atoms with E-state index < -0.39 is 0 Å². The summed E-state index contributed by atoms with van der Waals surface area (Å²) in [5.41, 5.74) is 2.63. The standard InChI is InChI=1S/C18H24N2/c1-2-19-15-8-4-3-7-14(13-15)16-9-5-11-18-17(16)10-6-12-20-18/h5-6,9-12,14-15,19H,2-4,7-8,13H2,1H3. The minimum absolute atomic E-state index is 0.675. The summed E-state index contributed by atoms with van der Waals surface area (Å²) < 4.78 is 0. The monoisotopic (exact) mass is 268 g/mol. The number of hydrogen-bond acceptors (Lipinski definition) is 2. The molecule has 2 aromatic rings. The first-order valence-electron chi connectivity index (χ1n) is 7.95. The molecule has 0 spiro atoms. The van der Waals surface area contributed by atoms with Gasteiger partial charge in [-0.25, -0.2) is 0 Å². The van der Waals surface area contributed by atoms with Crippen molar-refractivity contribution in [1.29, 1.82) is 0 Å². The summed E-state index contributed by atoms with van der Waals surface area (Å²) in [6.45, 7) is 3.29. The van der Waals surface area contributed by atoms with Gasteiger partial charge in [-0.15, -0.1) is 0 Å². The zero-order chi connectivity index (χ0) is 13.8. The Morgan fingerprint density at radius 2 is 2.05 bits per heavy atom. The molecule has 1 saturated carbocycles. The fourth-order valence-corrected chi connectivity index (χ4v) is 3.60. The molecular formula is C18H24N2. The molecule has 1 aromatic carbocycles. The Bertz CT molecular complexity index is 559. The molecule has 1 N–H and O–H groups in total. The molecule has 1 aliphatic rings. The van der Waals surface area contributed by atoms with Crippen molar-refractivity contribution < 1.29 is 0 Å². The van der Waals surface area contributed by atoms with E-state index in [1.807, 2.05) is 6.20 Å². The van der Waals surface area contributed by atoms with Gasteiger partial charge in [-0.05, 0) is 49.4 Å². The van der Waals surface area contributed by atoms with Gasteiger partial charge in [-0.1, -0.05) is 38.0 Å². The van der Waals surface area contributed by atoms with E-state index in [-0.39, 0.29) is 0 Å². The lowest BCUT2D eigenvalue weighted by Gasteiger charge is -2.22. The molecule has 3 rings (SSSR count). The summed E-state index contributed by atoms with van der Waals surface area (Å²) in [7, 11) is 0. The fourth-order valence-electron chi connectivity index (χ4n) is 3.60. The molecule has 0 radical (unpaired) electrons. The van der Waals surface area contributed by atoms with E-state index in [1.165, 1.54) is 43.1 Å². The van der Waals surface area contributed by atoms with Crippen LogP contribution in [-0.2, 0) is 0 Å². The maximum atomic E-state index is 4.50. The van der Waals surface area contributed by atoms with E-state index in [9.17, 15) is 0 Å². The van der Waals surface area contributed by atoms with Gasteiger partial charge in [0.2, 0.25) is 0 Å². The summed E-state index contributed by atoms with van der Waals surface area (Å²) >= 11 is 0. The Balaban J connectivity index is 1.92. The van der Waals surface area contributed by atoms with E-state index >= 15 is 0 Å². The predicted octanol–water partition coefficient (Wildman–Crippen LogP) is 4.26. The smallest absolute Gasteiger partial charge is 0.0704 e. The van der Waals surface area contributed by atoms with Gasteiger partial charge in [0.05, 0.1) is 5.52 Å². The highest BCUT2D eigenvalue weighted by Crippen LogP contribution is 2.35. The Morgan fingerprint density at radius 3 is 2.95 bits per heavy atom. The minimum Gasteiger partial charge on any atom is -0.314 e. The van der Waals surface area contributed by atoms with Gasteiger partial charge in [0.25, 0.3) is 0 Å². The second kappa shape index (κ2) is 6.36. The molecule has 0 amide bonds. The van der Waals surface area contributed by atoms with Gasteiger partial charge < -0.3 is 5.32 Å². The molecule has 1 aliphatic carbocycles. The van der Waals surface area contributed by atoms with Gasteiger partial charge >= 0.3 is 0 Å². The van der Waals surface area contributed by atoms with Crippen molar-refractivity contribution in [2.45, 2.75) is 51.0 Å². The van der Waals surface area contributed by atoms with Crippen LogP contribution in [0.1, 0.15) is 50.5 Å². The lowest BCUT2D eigenvalue weighted by molar-refractivity contribution is 0.450. The number of aromatic nitrogens is 1. The SMILES string of the molecule is CCNC1CCCCC(c2cccc3ncccc23)C1. The summed E-state index contributed by atoms with van der Waals surface area (Å²) in [6.07, 6.45) is 8.51. The van der Waals surface area contributed by atoms with Gasteiger partial charge in [-0.3, -0.25) is 4.98 Å². The van der Waals surface area contributed by atoms with Gasteiger partial charge in [0, 0.05) is 17.6 Å². The maximum Gasteiger partial charge on any atom is 0.0704 e.